The van der Waals surface area contributed by atoms with E-state index in [0.29, 0.717) is 11.0 Å². The van der Waals surface area contributed by atoms with Crippen LogP contribution in [0.2, 0.25) is 0 Å². The maximum Gasteiger partial charge on any atom is 0.249 e. The van der Waals surface area contributed by atoms with E-state index in [1.165, 1.54) is 0 Å². The average Bonchev–Trinajstić information content (AvgIpc) is 2.55. The summed E-state index contributed by atoms with van der Waals surface area (Å²) in [6.07, 6.45) is 0. The Morgan fingerprint density at radius 1 is 1.38 bits per heavy atom. The van der Waals surface area contributed by atoms with Crippen molar-refractivity contribution in [1.82, 2.24) is 0 Å². The molecule has 0 aliphatic carbocycles. The zero-order chi connectivity index (χ0) is 9.26. The van der Waals surface area contributed by atoms with Crippen LogP contribution < -0.4 is 10.7 Å². The van der Waals surface area contributed by atoms with E-state index < -0.39 is 0 Å². The SMILES string of the molecule is N#Cc1oc2ccccc2c1ON. The predicted octanol–water partition coefficient (Wildman–Crippen LogP) is 1.56. The molecule has 0 unspecified atom stereocenters. The summed E-state index contributed by atoms with van der Waals surface area (Å²) in [6.45, 7) is 0. The van der Waals surface area contributed by atoms with E-state index in [2.05, 4.69) is 4.84 Å². The van der Waals surface area contributed by atoms with Crippen molar-refractivity contribution in [2.45, 2.75) is 0 Å². The number of furan rings is 1. The Morgan fingerprint density at radius 2 is 2.15 bits per heavy atom. The Hall–Kier alpha value is -1.99. The second-order valence-corrected chi connectivity index (χ2v) is 2.49. The summed E-state index contributed by atoms with van der Waals surface area (Å²) in [6, 6.07) is 9.03. The second kappa shape index (κ2) is 2.81. The molecule has 1 aromatic carbocycles. The first kappa shape index (κ1) is 7.65. The third-order valence-corrected chi connectivity index (χ3v) is 1.77. The van der Waals surface area contributed by atoms with Crippen LogP contribution in [0.3, 0.4) is 0 Å². The number of fused-ring (bicyclic) bond motifs is 1. The molecule has 0 spiro atoms. The standard InChI is InChI=1S/C9H6N2O2/c10-5-8-9(13-11)6-3-1-2-4-7(6)12-8/h1-4H,11H2. The first-order valence-corrected chi connectivity index (χ1v) is 3.65. The second-order valence-electron chi connectivity index (χ2n) is 2.49. The van der Waals surface area contributed by atoms with Crippen LogP contribution in [0.5, 0.6) is 5.75 Å². The van der Waals surface area contributed by atoms with Gasteiger partial charge in [-0.1, -0.05) is 12.1 Å². The van der Waals surface area contributed by atoms with Gasteiger partial charge in [0.15, 0.2) is 0 Å². The first-order valence-electron chi connectivity index (χ1n) is 3.65. The molecule has 0 fully saturated rings. The van der Waals surface area contributed by atoms with Crippen molar-refractivity contribution in [3.05, 3.63) is 30.0 Å². The van der Waals surface area contributed by atoms with E-state index in [0.717, 1.165) is 0 Å². The molecular formula is C9H6N2O2. The van der Waals surface area contributed by atoms with Crippen molar-refractivity contribution in [1.29, 1.82) is 5.26 Å². The van der Waals surface area contributed by atoms with Crippen molar-refractivity contribution in [2.75, 3.05) is 0 Å². The van der Waals surface area contributed by atoms with Crippen LogP contribution in [0.15, 0.2) is 28.7 Å². The summed E-state index contributed by atoms with van der Waals surface area (Å²) in [5.41, 5.74) is 0.597. The molecule has 0 aliphatic rings. The van der Waals surface area contributed by atoms with E-state index in [4.69, 9.17) is 15.6 Å². The van der Waals surface area contributed by atoms with Crippen molar-refractivity contribution < 1.29 is 9.25 Å². The van der Waals surface area contributed by atoms with Gasteiger partial charge in [-0.2, -0.15) is 11.2 Å². The van der Waals surface area contributed by atoms with Gasteiger partial charge in [0.1, 0.15) is 11.7 Å². The molecule has 0 amide bonds. The van der Waals surface area contributed by atoms with Crippen LogP contribution >= 0.6 is 0 Å². The summed E-state index contributed by atoms with van der Waals surface area (Å²) in [5.74, 6) is 5.42. The minimum Gasteiger partial charge on any atom is -0.442 e. The van der Waals surface area contributed by atoms with Gasteiger partial charge in [0.2, 0.25) is 11.5 Å². The Morgan fingerprint density at radius 3 is 2.85 bits per heavy atom. The van der Waals surface area contributed by atoms with E-state index in [1.807, 2.05) is 18.2 Å². The lowest BCUT2D eigenvalue weighted by molar-refractivity contribution is 0.331. The lowest BCUT2D eigenvalue weighted by Gasteiger charge is -1.92. The molecule has 2 N–H and O–H groups in total. The third kappa shape index (κ3) is 1.03. The molecule has 0 saturated heterocycles. The van der Waals surface area contributed by atoms with Crippen molar-refractivity contribution in [3.8, 4) is 11.8 Å². The van der Waals surface area contributed by atoms with Gasteiger partial charge in [0.25, 0.3) is 0 Å². The van der Waals surface area contributed by atoms with Gasteiger partial charge in [-0.25, -0.2) is 0 Å². The highest BCUT2D eigenvalue weighted by atomic mass is 16.6. The van der Waals surface area contributed by atoms with Gasteiger partial charge in [-0.3, -0.25) is 0 Å². The molecule has 2 aromatic rings. The van der Waals surface area contributed by atoms with E-state index >= 15 is 0 Å². The van der Waals surface area contributed by atoms with Gasteiger partial charge in [-0.05, 0) is 12.1 Å². The molecule has 1 heterocycles. The van der Waals surface area contributed by atoms with E-state index in [1.54, 1.807) is 12.1 Å². The first-order chi connectivity index (χ1) is 6.36. The fourth-order valence-electron chi connectivity index (χ4n) is 1.21. The van der Waals surface area contributed by atoms with Crippen LogP contribution in [0, 0.1) is 11.3 Å². The zero-order valence-electron chi connectivity index (χ0n) is 6.65. The Kier molecular flexibility index (Phi) is 1.65. The van der Waals surface area contributed by atoms with Crippen molar-refractivity contribution >= 4 is 11.0 Å². The number of para-hydroxylation sites is 1. The van der Waals surface area contributed by atoms with Crippen LogP contribution in [0.1, 0.15) is 5.76 Å². The van der Waals surface area contributed by atoms with Gasteiger partial charge < -0.3 is 9.25 Å². The monoisotopic (exact) mass is 174 g/mol. The molecule has 0 saturated carbocycles. The van der Waals surface area contributed by atoms with Gasteiger partial charge >= 0.3 is 0 Å². The fourth-order valence-corrected chi connectivity index (χ4v) is 1.21. The van der Waals surface area contributed by atoms with Crippen LogP contribution in [0.4, 0.5) is 0 Å². The normalized spacial score (nSPS) is 9.85. The Balaban J connectivity index is 2.83. The molecule has 2 rings (SSSR count). The fraction of sp³-hybridized carbons (Fsp3) is 0. The molecule has 0 bridgehead atoms. The van der Waals surface area contributed by atoms with Crippen LogP contribution in [-0.2, 0) is 0 Å². The van der Waals surface area contributed by atoms with Gasteiger partial charge in [0, 0.05) is 0 Å². The Labute approximate surface area is 74.1 Å². The predicted molar refractivity (Wildman–Crippen MR) is 45.7 cm³/mol. The highest BCUT2D eigenvalue weighted by molar-refractivity contribution is 5.86. The maximum atomic E-state index is 8.67. The van der Waals surface area contributed by atoms with Crippen molar-refractivity contribution in [2.24, 2.45) is 5.90 Å². The molecule has 4 heteroatoms. The molecule has 4 nitrogen and oxygen atoms in total. The molecule has 64 valence electrons. The van der Waals surface area contributed by atoms with E-state index in [9.17, 15) is 0 Å². The highest BCUT2D eigenvalue weighted by Crippen LogP contribution is 2.31. The largest absolute Gasteiger partial charge is 0.442 e. The number of hydrogen-bond donors (Lipinski definition) is 1. The summed E-state index contributed by atoms with van der Waals surface area (Å²) in [4.78, 5) is 4.57. The number of hydrogen-bond acceptors (Lipinski definition) is 4. The maximum absolute atomic E-state index is 8.67. The molecule has 1 aromatic heterocycles. The minimum absolute atomic E-state index is 0.101. The molecule has 0 aliphatic heterocycles. The van der Waals surface area contributed by atoms with Crippen LogP contribution in [-0.4, -0.2) is 0 Å². The lowest BCUT2D eigenvalue weighted by atomic mass is 10.2. The summed E-state index contributed by atoms with van der Waals surface area (Å²) >= 11 is 0. The number of rotatable bonds is 1. The molecule has 0 radical (unpaired) electrons. The average molecular weight is 174 g/mol. The molecular weight excluding hydrogens is 168 g/mol. The zero-order valence-corrected chi connectivity index (χ0v) is 6.65. The number of nitrogens with zero attached hydrogens (tertiary/aromatic N) is 1. The van der Waals surface area contributed by atoms with Gasteiger partial charge in [0.05, 0.1) is 5.39 Å². The summed E-state index contributed by atoms with van der Waals surface area (Å²) in [5, 5.41) is 9.38. The number of nitrogens with two attached hydrogens (primary N) is 1. The van der Waals surface area contributed by atoms with Crippen LogP contribution in [0.25, 0.3) is 11.0 Å². The third-order valence-electron chi connectivity index (χ3n) is 1.77. The molecule has 0 atom stereocenters. The van der Waals surface area contributed by atoms with Crippen molar-refractivity contribution in [3.63, 3.8) is 0 Å². The highest BCUT2D eigenvalue weighted by Gasteiger charge is 2.13. The lowest BCUT2D eigenvalue weighted by Crippen LogP contribution is -2.02. The summed E-state index contributed by atoms with van der Waals surface area (Å²) < 4.78 is 5.17. The van der Waals surface area contributed by atoms with Gasteiger partial charge in [-0.15, -0.1) is 0 Å². The van der Waals surface area contributed by atoms with E-state index in [-0.39, 0.29) is 11.5 Å². The Bertz CT molecular complexity index is 482. The number of nitriles is 1. The number of benzene rings is 1. The smallest absolute Gasteiger partial charge is 0.249 e. The molecule has 13 heavy (non-hydrogen) atoms. The summed E-state index contributed by atoms with van der Waals surface area (Å²) in [7, 11) is 0. The topological polar surface area (TPSA) is 72.2 Å². The quantitative estimate of drug-likeness (QED) is 0.666. The minimum atomic E-state index is 0.101.